The molecule has 4 rings (SSSR count). The number of benzene rings is 3. The highest BCUT2D eigenvalue weighted by atomic mass is 79.9. The zero-order valence-electron chi connectivity index (χ0n) is 21.8. The fourth-order valence-electron chi connectivity index (χ4n) is 3.89. The molecule has 0 bridgehead atoms. The number of aromatic nitrogens is 3. The lowest BCUT2D eigenvalue weighted by molar-refractivity contribution is -0.479. The van der Waals surface area contributed by atoms with E-state index in [2.05, 4.69) is 26.1 Å². The molecule has 1 atom stereocenters. The van der Waals surface area contributed by atoms with Gasteiger partial charge < -0.3 is 14.2 Å². The van der Waals surface area contributed by atoms with Gasteiger partial charge >= 0.3 is 0 Å². The SMILES string of the molecule is CCOc1cc([C@@H](C[N+](=O)[O-])Sc2nnc(C)n2-c2ccc(OC)cc2)cc(Br)c1OCc1ccc(Cl)cc1Cl. The number of thioether (sulfide) groups is 1. The minimum atomic E-state index is -0.606. The average Bonchev–Trinajstić information content (AvgIpc) is 3.28. The van der Waals surface area contributed by atoms with E-state index in [0.29, 0.717) is 54.9 Å². The summed E-state index contributed by atoms with van der Waals surface area (Å²) in [7, 11) is 1.60. The monoisotopic (exact) mass is 666 g/mol. The molecule has 0 saturated carbocycles. The molecule has 0 saturated heterocycles. The standard InChI is InChI=1S/C27H25BrCl2N4O5S/c1-4-38-24-12-18(11-22(28)26(24)39-15-17-5-6-19(29)13-23(17)30)25(14-33(35)36)40-27-32-31-16(2)34(27)20-7-9-21(37-3)10-8-20/h5-13,25H,4,14-15H2,1-3H3/t25-/m1/s1. The van der Waals surface area contributed by atoms with Gasteiger partial charge in [0.25, 0.3) is 0 Å². The van der Waals surface area contributed by atoms with Crippen LogP contribution in [0.25, 0.3) is 5.69 Å². The van der Waals surface area contributed by atoms with Crippen LogP contribution in [-0.4, -0.2) is 39.9 Å². The summed E-state index contributed by atoms with van der Waals surface area (Å²) in [5.41, 5.74) is 2.22. The lowest BCUT2D eigenvalue weighted by Crippen LogP contribution is -2.12. The predicted molar refractivity (Wildman–Crippen MR) is 159 cm³/mol. The van der Waals surface area contributed by atoms with Gasteiger partial charge in [-0.05, 0) is 83.9 Å². The Labute approximate surface area is 254 Å². The summed E-state index contributed by atoms with van der Waals surface area (Å²) >= 11 is 17.1. The van der Waals surface area contributed by atoms with Crippen molar-refractivity contribution in [1.29, 1.82) is 0 Å². The third-order valence-electron chi connectivity index (χ3n) is 5.78. The largest absolute Gasteiger partial charge is 0.497 e. The van der Waals surface area contributed by atoms with E-state index in [-0.39, 0.29) is 18.1 Å². The van der Waals surface area contributed by atoms with Gasteiger partial charge in [0.15, 0.2) is 16.7 Å². The molecule has 0 N–H and O–H groups in total. The molecule has 1 aromatic heterocycles. The van der Waals surface area contributed by atoms with Crippen LogP contribution < -0.4 is 14.2 Å². The zero-order valence-corrected chi connectivity index (χ0v) is 25.7. The molecule has 210 valence electrons. The Balaban J connectivity index is 1.66. The maximum atomic E-state index is 11.7. The molecule has 13 heteroatoms. The van der Waals surface area contributed by atoms with E-state index in [0.717, 1.165) is 11.3 Å². The highest BCUT2D eigenvalue weighted by Crippen LogP contribution is 2.43. The number of ether oxygens (including phenoxy) is 3. The maximum Gasteiger partial charge on any atom is 0.220 e. The average molecular weight is 668 g/mol. The molecule has 0 aliphatic heterocycles. The third-order valence-corrected chi connectivity index (χ3v) is 8.14. The number of aryl methyl sites for hydroxylation is 1. The molecule has 3 aromatic carbocycles. The second-order valence-electron chi connectivity index (χ2n) is 8.47. The molecular weight excluding hydrogens is 643 g/mol. The summed E-state index contributed by atoms with van der Waals surface area (Å²) in [5.74, 6) is 2.26. The van der Waals surface area contributed by atoms with Crippen molar-refractivity contribution in [3.8, 4) is 22.9 Å². The van der Waals surface area contributed by atoms with Crippen molar-refractivity contribution in [3.63, 3.8) is 0 Å². The second kappa shape index (κ2) is 13.6. The van der Waals surface area contributed by atoms with Crippen LogP contribution in [0.3, 0.4) is 0 Å². The lowest BCUT2D eigenvalue weighted by atomic mass is 10.1. The summed E-state index contributed by atoms with van der Waals surface area (Å²) in [5, 5.41) is 21.2. The normalized spacial score (nSPS) is 11.8. The predicted octanol–water partition coefficient (Wildman–Crippen LogP) is 7.74. The minimum Gasteiger partial charge on any atom is -0.497 e. The smallest absolute Gasteiger partial charge is 0.220 e. The Kier molecular flexibility index (Phi) is 10.2. The number of nitro groups is 1. The van der Waals surface area contributed by atoms with Crippen LogP contribution >= 0.6 is 50.9 Å². The van der Waals surface area contributed by atoms with Gasteiger partial charge in [0, 0.05) is 26.2 Å². The van der Waals surface area contributed by atoms with E-state index in [9.17, 15) is 10.1 Å². The molecule has 4 aromatic rings. The first-order valence-electron chi connectivity index (χ1n) is 12.1. The van der Waals surface area contributed by atoms with E-state index in [4.69, 9.17) is 37.4 Å². The van der Waals surface area contributed by atoms with Crippen LogP contribution in [0.1, 0.15) is 29.1 Å². The number of methoxy groups -OCH3 is 1. The number of hydrogen-bond donors (Lipinski definition) is 0. The first-order chi connectivity index (χ1) is 19.2. The van der Waals surface area contributed by atoms with Crippen LogP contribution in [0.2, 0.25) is 10.0 Å². The second-order valence-corrected chi connectivity index (χ2v) is 11.3. The van der Waals surface area contributed by atoms with Gasteiger partial charge in [0.1, 0.15) is 23.4 Å². The van der Waals surface area contributed by atoms with Gasteiger partial charge in [-0.25, -0.2) is 0 Å². The van der Waals surface area contributed by atoms with Gasteiger partial charge in [-0.15, -0.1) is 10.2 Å². The summed E-state index contributed by atoms with van der Waals surface area (Å²) in [4.78, 5) is 11.4. The fourth-order valence-corrected chi connectivity index (χ4v) is 6.08. The lowest BCUT2D eigenvalue weighted by Gasteiger charge is -2.19. The van der Waals surface area contributed by atoms with Crippen molar-refractivity contribution in [1.82, 2.24) is 14.8 Å². The molecule has 0 radical (unpaired) electrons. The summed E-state index contributed by atoms with van der Waals surface area (Å²) in [6, 6.07) is 16.2. The van der Waals surface area contributed by atoms with Gasteiger partial charge in [0.2, 0.25) is 6.54 Å². The Hall–Kier alpha value is -2.99. The van der Waals surface area contributed by atoms with Crippen molar-refractivity contribution in [2.75, 3.05) is 20.3 Å². The van der Waals surface area contributed by atoms with Crippen molar-refractivity contribution in [3.05, 3.63) is 96.2 Å². The molecule has 9 nitrogen and oxygen atoms in total. The molecule has 0 spiro atoms. The van der Waals surface area contributed by atoms with Gasteiger partial charge in [-0.2, -0.15) is 0 Å². The van der Waals surface area contributed by atoms with Crippen LogP contribution in [0.5, 0.6) is 17.2 Å². The van der Waals surface area contributed by atoms with Crippen LogP contribution in [0, 0.1) is 17.0 Å². The molecule has 0 amide bonds. The molecule has 0 unspecified atom stereocenters. The molecule has 0 fully saturated rings. The van der Waals surface area contributed by atoms with Gasteiger partial charge in [-0.1, -0.05) is 41.0 Å². The minimum absolute atomic E-state index is 0.172. The van der Waals surface area contributed by atoms with Crippen molar-refractivity contribution in [2.24, 2.45) is 0 Å². The van der Waals surface area contributed by atoms with E-state index >= 15 is 0 Å². The van der Waals surface area contributed by atoms with E-state index in [1.807, 2.05) is 42.7 Å². The van der Waals surface area contributed by atoms with Crippen molar-refractivity contribution >= 4 is 50.9 Å². The number of rotatable bonds is 12. The Morgan fingerprint density at radius 1 is 1.10 bits per heavy atom. The zero-order chi connectivity index (χ0) is 28.8. The molecule has 40 heavy (non-hydrogen) atoms. The number of halogens is 3. The topological polar surface area (TPSA) is 102 Å². The molecule has 0 aliphatic rings. The first kappa shape index (κ1) is 30.0. The third kappa shape index (κ3) is 7.20. The van der Waals surface area contributed by atoms with Crippen molar-refractivity contribution < 1.29 is 19.1 Å². The summed E-state index contributed by atoms with van der Waals surface area (Å²) < 4.78 is 19.7. The van der Waals surface area contributed by atoms with Gasteiger partial charge in [0.05, 0.1) is 18.2 Å². The molecule has 1 heterocycles. The maximum absolute atomic E-state index is 11.7. The van der Waals surface area contributed by atoms with Crippen LogP contribution in [0.4, 0.5) is 0 Å². The molecule has 0 aliphatic carbocycles. The van der Waals surface area contributed by atoms with E-state index in [1.165, 1.54) is 11.8 Å². The highest BCUT2D eigenvalue weighted by molar-refractivity contribution is 9.10. The summed E-state index contributed by atoms with van der Waals surface area (Å²) in [6.45, 7) is 3.87. The van der Waals surface area contributed by atoms with Crippen LogP contribution in [-0.2, 0) is 6.61 Å². The van der Waals surface area contributed by atoms with Gasteiger partial charge in [-0.3, -0.25) is 14.7 Å². The van der Waals surface area contributed by atoms with Crippen LogP contribution in [0.15, 0.2) is 64.2 Å². The number of hydrogen-bond acceptors (Lipinski definition) is 8. The van der Waals surface area contributed by atoms with Crippen molar-refractivity contribution in [2.45, 2.75) is 30.9 Å². The Morgan fingerprint density at radius 3 is 2.50 bits per heavy atom. The quantitative estimate of drug-likeness (QED) is 0.0859. The highest BCUT2D eigenvalue weighted by Gasteiger charge is 2.26. The van der Waals surface area contributed by atoms with E-state index < -0.39 is 5.25 Å². The Morgan fingerprint density at radius 2 is 1.85 bits per heavy atom. The first-order valence-corrected chi connectivity index (χ1v) is 14.5. The Bertz CT molecular complexity index is 1500. The fraction of sp³-hybridized carbons (Fsp3) is 0.259. The molecular formula is C27H25BrCl2N4O5S. The summed E-state index contributed by atoms with van der Waals surface area (Å²) in [6.07, 6.45) is 0. The van der Waals surface area contributed by atoms with E-state index in [1.54, 1.807) is 37.4 Å². The number of nitrogens with zero attached hydrogens (tertiary/aromatic N) is 4.